The maximum atomic E-state index is 11.2. The Morgan fingerprint density at radius 1 is 1.05 bits per heavy atom. The van der Waals surface area contributed by atoms with Crippen molar-refractivity contribution < 1.29 is 9.90 Å². The van der Waals surface area contributed by atoms with Crippen molar-refractivity contribution in [2.45, 2.75) is 0 Å². The van der Waals surface area contributed by atoms with Gasteiger partial charge in [-0.2, -0.15) is 0 Å². The second-order valence-electron chi connectivity index (χ2n) is 4.13. The maximum Gasteiger partial charge on any atom is 0.337 e. The van der Waals surface area contributed by atoms with E-state index in [9.17, 15) is 9.90 Å². The molecule has 0 fully saturated rings. The summed E-state index contributed by atoms with van der Waals surface area (Å²) < 4.78 is 0. The highest BCUT2D eigenvalue weighted by Crippen LogP contribution is 2.30. The summed E-state index contributed by atoms with van der Waals surface area (Å²) in [5.41, 5.74) is 1.13. The third-order valence-corrected chi connectivity index (χ3v) is 3.40. The number of nitrogens with zero attached hydrogens (tertiary/aromatic N) is 1. The second kappa shape index (κ2) is 4.37. The van der Waals surface area contributed by atoms with Gasteiger partial charge in [0.1, 0.15) is 0 Å². The number of benzene rings is 2. The van der Waals surface area contributed by atoms with Gasteiger partial charge in [-0.3, -0.25) is 0 Å². The van der Waals surface area contributed by atoms with E-state index >= 15 is 0 Å². The highest BCUT2D eigenvalue weighted by Gasteiger charge is 2.12. The van der Waals surface area contributed by atoms with Crippen molar-refractivity contribution in [1.82, 2.24) is 4.98 Å². The number of halogens is 2. The van der Waals surface area contributed by atoms with Crippen LogP contribution in [0.1, 0.15) is 10.4 Å². The Morgan fingerprint density at radius 2 is 1.84 bits per heavy atom. The number of carboxylic acids is 1. The van der Waals surface area contributed by atoms with Crippen LogP contribution in [0.3, 0.4) is 0 Å². The lowest BCUT2D eigenvalue weighted by Crippen LogP contribution is -1.99. The van der Waals surface area contributed by atoms with Crippen LogP contribution in [0.15, 0.2) is 36.4 Å². The number of rotatable bonds is 1. The molecule has 0 atom stereocenters. The third-order valence-electron chi connectivity index (χ3n) is 2.89. The molecule has 1 heterocycles. The predicted molar refractivity (Wildman–Crippen MR) is 76.2 cm³/mol. The molecule has 19 heavy (non-hydrogen) atoms. The van der Waals surface area contributed by atoms with Crippen LogP contribution in [-0.4, -0.2) is 16.1 Å². The van der Waals surface area contributed by atoms with Crippen LogP contribution in [0, 0.1) is 0 Å². The molecule has 0 aliphatic heterocycles. The van der Waals surface area contributed by atoms with Crippen LogP contribution in [0.4, 0.5) is 0 Å². The van der Waals surface area contributed by atoms with Crippen LogP contribution in [0.2, 0.25) is 10.0 Å². The van der Waals surface area contributed by atoms with E-state index in [-0.39, 0.29) is 5.56 Å². The van der Waals surface area contributed by atoms with Gasteiger partial charge < -0.3 is 5.11 Å². The number of carboxylic acid groups (broad SMARTS) is 1. The number of para-hydroxylation sites is 1. The second-order valence-corrected chi connectivity index (χ2v) is 4.97. The molecule has 94 valence electrons. The SMILES string of the molecule is O=C(O)c1cccc2cc3cc(Cl)cc(Cl)c3nc12. The fraction of sp³-hybridized carbons (Fsp3) is 0. The summed E-state index contributed by atoms with van der Waals surface area (Å²) in [6.45, 7) is 0. The first-order valence-electron chi connectivity index (χ1n) is 5.48. The van der Waals surface area contributed by atoms with E-state index in [0.717, 1.165) is 10.8 Å². The molecule has 0 bridgehead atoms. The Labute approximate surface area is 118 Å². The van der Waals surface area contributed by atoms with Gasteiger partial charge in [0.25, 0.3) is 0 Å². The maximum absolute atomic E-state index is 11.2. The molecule has 0 saturated carbocycles. The Hall–Kier alpha value is -1.84. The van der Waals surface area contributed by atoms with Crippen molar-refractivity contribution in [3.63, 3.8) is 0 Å². The minimum atomic E-state index is -1.01. The first-order chi connectivity index (χ1) is 9.06. The molecule has 3 rings (SSSR count). The van der Waals surface area contributed by atoms with Gasteiger partial charge in [0.15, 0.2) is 0 Å². The molecule has 5 heteroatoms. The Bertz CT molecular complexity index is 830. The molecular weight excluding hydrogens is 285 g/mol. The van der Waals surface area contributed by atoms with Gasteiger partial charge >= 0.3 is 5.97 Å². The number of aromatic nitrogens is 1. The molecule has 0 saturated heterocycles. The summed E-state index contributed by atoms with van der Waals surface area (Å²) in [5, 5.41) is 11.6. The Balaban J connectivity index is 2.49. The summed E-state index contributed by atoms with van der Waals surface area (Å²) in [4.78, 5) is 15.6. The van der Waals surface area contributed by atoms with Gasteiger partial charge in [0.05, 0.1) is 21.6 Å². The minimum Gasteiger partial charge on any atom is -0.478 e. The smallest absolute Gasteiger partial charge is 0.337 e. The molecule has 3 nitrogen and oxygen atoms in total. The first-order valence-corrected chi connectivity index (χ1v) is 6.23. The molecule has 3 aromatic rings. The largest absolute Gasteiger partial charge is 0.478 e. The molecule has 1 N–H and O–H groups in total. The monoisotopic (exact) mass is 291 g/mol. The molecule has 0 amide bonds. The summed E-state index contributed by atoms with van der Waals surface area (Å²) in [6.07, 6.45) is 0. The molecule has 2 aromatic carbocycles. The highest BCUT2D eigenvalue weighted by atomic mass is 35.5. The number of carbonyl (C=O) groups is 1. The van der Waals surface area contributed by atoms with Crippen LogP contribution in [0.5, 0.6) is 0 Å². The Morgan fingerprint density at radius 3 is 2.58 bits per heavy atom. The van der Waals surface area contributed by atoms with Crippen molar-refractivity contribution in [2.24, 2.45) is 0 Å². The van der Waals surface area contributed by atoms with Gasteiger partial charge in [0, 0.05) is 15.8 Å². The van der Waals surface area contributed by atoms with E-state index < -0.39 is 5.97 Å². The number of aromatic carboxylic acids is 1. The molecule has 0 aliphatic rings. The molecule has 0 radical (unpaired) electrons. The van der Waals surface area contributed by atoms with E-state index in [1.54, 1.807) is 18.2 Å². The normalized spacial score (nSPS) is 11.1. The standard InChI is InChI=1S/C14H7Cl2NO2/c15-9-5-8-4-7-2-1-3-10(14(18)19)12(7)17-13(8)11(16)6-9/h1-6H,(H,18,19). The lowest BCUT2D eigenvalue weighted by atomic mass is 10.1. The average molecular weight is 292 g/mol. The average Bonchev–Trinajstić information content (AvgIpc) is 2.35. The van der Waals surface area contributed by atoms with Crippen LogP contribution in [0.25, 0.3) is 21.8 Å². The van der Waals surface area contributed by atoms with Gasteiger partial charge in [-0.25, -0.2) is 9.78 Å². The fourth-order valence-corrected chi connectivity index (χ4v) is 2.62. The number of hydrogen-bond donors (Lipinski definition) is 1. The van der Waals surface area contributed by atoms with Crippen molar-refractivity contribution in [2.75, 3.05) is 0 Å². The van der Waals surface area contributed by atoms with Crippen LogP contribution >= 0.6 is 23.2 Å². The number of fused-ring (bicyclic) bond motifs is 2. The Kier molecular flexibility index (Phi) is 2.81. The van der Waals surface area contributed by atoms with Gasteiger partial charge in [0.2, 0.25) is 0 Å². The zero-order valence-corrected chi connectivity index (χ0v) is 11.0. The van der Waals surface area contributed by atoms with E-state index in [0.29, 0.717) is 21.1 Å². The van der Waals surface area contributed by atoms with E-state index in [1.165, 1.54) is 6.07 Å². The zero-order valence-electron chi connectivity index (χ0n) is 9.52. The summed E-state index contributed by atoms with van der Waals surface area (Å²) >= 11 is 12.1. The van der Waals surface area contributed by atoms with Crippen LogP contribution in [-0.2, 0) is 0 Å². The van der Waals surface area contributed by atoms with Crippen molar-refractivity contribution in [3.05, 3.63) is 52.0 Å². The topological polar surface area (TPSA) is 50.2 Å². The summed E-state index contributed by atoms with van der Waals surface area (Å²) in [5.74, 6) is -1.01. The number of pyridine rings is 1. The van der Waals surface area contributed by atoms with Crippen molar-refractivity contribution in [1.29, 1.82) is 0 Å². The third kappa shape index (κ3) is 2.01. The minimum absolute atomic E-state index is 0.158. The lowest BCUT2D eigenvalue weighted by Gasteiger charge is -2.06. The van der Waals surface area contributed by atoms with Gasteiger partial charge in [-0.05, 0) is 24.3 Å². The predicted octanol–water partition coefficient (Wildman–Crippen LogP) is 4.39. The molecular formula is C14H7Cl2NO2. The van der Waals surface area contributed by atoms with E-state index in [4.69, 9.17) is 23.2 Å². The lowest BCUT2D eigenvalue weighted by molar-refractivity contribution is 0.0699. The van der Waals surface area contributed by atoms with Crippen molar-refractivity contribution in [3.8, 4) is 0 Å². The molecule has 1 aromatic heterocycles. The zero-order chi connectivity index (χ0) is 13.6. The van der Waals surface area contributed by atoms with Gasteiger partial charge in [-0.15, -0.1) is 0 Å². The number of hydrogen-bond acceptors (Lipinski definition) is 2. The van der Waals surface area contributed by atoms with Crippen LogP contribution < -0.4 is 0 Å². The quantitative estimate of drug-likeness (QED) is 0.676. The first kappa shape index (κ1) is 12.2. The van der Waals surface area contributed by atoms with E-state index in [1.807, 2.05) is 12.1 Å². The van der Waals surface area contributed by atoms with Gasteiger partial charge in [-0.1, -0.05) is 35.3 Å². The van der Waals surface area contributed by atoms with E-state index in [2.05, 4.69) is 4.98 Å². The molecule has 0 spiro atoms. The molecule has 0 aliphatic carbocycles. The summed E-state index contributed by atoms with van der Waals surface area (Å²) in [6, 6.07) is 10.2. The highest BCUT2D eigenvalue weighted by molar-refractivity contribution is 6.38. The molecule has 0 unspecified atom stereocenters. The fourth-order valence-electron chi connectivity index (χ4n) is 2.07. The van der Waals surface area contributed by atoms with Crippen molar-refractivity contribution >= 4 is 51.0 Å². The summed E-state index contributed by atoms with van der Waals surface area (Å²) in [7, 11) is 0.